The van der Waals surface area contributed by atoms with Crippen molar-refractivity contribution < 1.29 is 19.2 Å². The van der Waals surface area contributed by atoms with Crippen LogP contribution < -0.4 is 0 Å². The summed E-state index contributed by atoms with van der Waals surface area (Å²) >= 11 is 0. The van der Waals surface area contributed by atoms with Gasteiger partial charge in [-0.3, -0.25) is 14.9 Å². The number of nitro benzene ring substituents is 1. The second kappa shape index (κ2) is 6.94. The molecule has 0 amide bonds. The Hall–Kier alpha value is -2.24. The molecule has 0 aliphatic heterocycles. The largest absolute Gasteiger partial charge is 0.462 e. The van der Waals surface area contributed by atoms with E-state index < -0.39 is 16.3 Å². The topological polar surface area (TPSA) is 86.5 Å². The van der Waals surface area contributed by atoms with Crippen LogP contribution in [0.1, 0.15) is 57.3 Å². The van der Waals surface area contributed by atoms with Crippen molar-refractivity contribution in [2.45, 2.75) is 47.0 Å². The Labute approximate surface area is 147 Å². The van der Waals surface area contributed by atoms with Crippen LogP contribution in [0.5, 0.6) is 0 Å². The van der Waals surface area contributed by atoms with Crippen molar-refractivity contribution in [1.29, 1.82) is 0 Å². The number of nitro groups is 1. The van der Waals surface area contributed by atoms with Gasteiger partial charge in [-0.25, -0.2) is 4.79 Å². The van der Waals surface area contributed by atoms with Gasteiger partial charge in [0.15, 0.2) is 0 Å². The highest BCUT2D eigenvalue weighted by Gasteiger charge is 2.53. The van der Waals surface area contributed by atoms with Gasteiger partial charge in [0.05, 0.1) is 17.1 Å². The third-order valence-electron chi connectivity index (χ3n) is 6.22. The van der Waals surface area contributed by atoms with Crippen LogP contribution in [-0.2, 0) is 9.53 Å². The summed E-state index contributed by atoms with van der Waals surface area (Å²) in [5.74, 6) is 0.0226. The number of rotatable bonds is 6. The smallest absolute Gasteiger partial charge is 0.338 e. The number of hydrogen-bond donors (Lipinski definition) is 0. The fraction of sp³-hybridized carbons (Fsp3) is 0.579. The monoisotopic (exact) mass is 347 g/mol. The molecule has 1 saturated carbocycles. The van der Waals surface area contributed by atoms with Crippen LogP contribution in [0, 0.1) is 26.9 Å². The Morgan fingerprint density at radius 1 is 1.24 bits per heavy atom. The van der Waals surface area contributed by atoms with Crippen molar-refractivity contribution in [2.24, 2.45) is 16.7 Å². The van der Waals surface area contributed by atoms with Gasteiger partial charge in [0, 0.05) is 24.0 Å². The SMILES string of the molecule is C[C@@H]1CC[C@](C)(C(=O)CCOC(=O)c2ccc([N+](=O)[O-])cc2)C1(C)C. The van der Waals surface area contributed by atoms with Gasteiger partial charge in [0.25, 0.3) is 5.69 Å². The minimum atomic E-state index is -0.577. The maximum Gasteiger partial charge on any atom is 0.338 e. The fourth-order valence-corrected chi connectivity index (χ4v) is 3.55. The van der Waals surface area contributed by atoms with Crippen molar-refractivity contribution in [1.82, 2.24) is 0 Å². The molecule has 0 radical (unpaired) electrons. The molecule has 0 N–H and O–H groups in total. The number of ether oxygens (including phenoxy) is 1. The maximum atomic E-state index is 12.7. The lowest BCUT2D eigenvalue weighted by Crippen LogP contribution is -2.40. The molecule has 0 bridgehead atoms. The molecule has 1 fully saturated rings. The highest BCUT2D eigenvalue weighted by Crippen LogP contribution is 2.56. The molecular weight excluding hydrogens is 322 g/mol. The van der Waals surface area contributed by atoms with Gasteiger partial charge in [0.1, 0.15) is 5.78 Å². The highest BCUT2D eigenvalue weighted by molar-refractivity contribution is 5.90. The van der Waals surface area contributed by atoms with E-state index in [0.29, 0.717) is 5.92 Å². The summed E-state index contributed by atoms with van der Waals surface area (Å²) in [5, 5.41) is 10.6. The first-order chi connectivity index (χ1) is 11.6. The number of ketones is 1. The summed E-state index contributed by atoms with van der Waals surface area (Å²) in [5.41, 5.74) is -0.324. The minimum absolute atomic E-state index is 0.0225. The summed E-state index contributed by atoms with van der Waals surface area (Å²) in [6.45, 7) is 8.47. The number of esters is 1. The molecule has 25 heavy (non-hydrogen) atoms. The van der Waals surface area contributed by atoms with Crippen LogP contribution in [0.25, 0.3) is 0 Å². The van der Waals surface area contributed by atoms with Gasteiger partial charge in [-0.15, -0.1) is 0 Å². The molecule has 2 atom stereocenters. The Balaban J connectivity index is 1.91. The van der Waals surface area contributed by atoms with E-state index in [9.17, 15) is 19.7 Å². The molecule has 136 valence electrons. The first-order valence-corrected chi connectivity index (χ1v) is 8.54. The van der Waals surface area contributed by atoms with Gasteiger partial charge < -0.3 is 4.74 Å². The average molecular weight is 347 g/mol. The van der Waals surface area contributed by atoms with Crippen molar-refractivity contribution in [3.05, 3.63) is 39.9 Å². The predicted octanol–water partition coefficient (Wildman–Crippen LogP) is 4.17. The van der Waals surface area contributed by atoms with Gasteiger partial charge >= 0.3 is 5.97 Å². The van der Waals surface area contributed by atoms with Crippen molar-refractivity contribution >= 4 is 17.4 Å². The number of Topliss-reactive ketones (excluding diaryl/α,β-unsaturated/α-hetero) is 1. The highest BCUT2D eigenvalue weighted by atomic mass is 16.6. The summed E-state index contributed by atoms with van der Waals surface area (Å²) in [6.07, 6.45) is 2.07. The molecule has 1 aromatic carbocycles. The molecule has 2 rings (SSSR count). The number of carbonyl (C=O) groups is 2. The van der Waals surface area contributed by atoms with E-state index in [1.165, 1.54) is 24.3 Å². The lowest BCUT2D eigenvalue weighted by atomic mass is 9.63. The molecular formula is C19H25NO5. The Bertz CT molecular complexity index is 680. The van der Waals surface area contributed by atoms with E-state index in [1.807, 2.05) is 6.92 Å². The van der Waals surface area contributed by atoms with Gasteiger partial charge in [0.2, 0.25) is 0 Å². The van der Waals surface area contributed by atoms with Gasteiger partial charge in [-0.05, 0) is 36.3 Å². The van der Waals surface area contributed by atoms with Crippen molar-refractivity contribution in [3.8, 4) is 0 Å². The molecule has 0 unspecified atom stereocenters. The summed E-state index contributed by atoms with van der Waals surface area (Å²) in [7, 11) is 0. The molecule has 6 heteroatoms. The number of non-ortho nitro benzene ring substituents is 1. The van der Waals surface area contributed by atoms with Crippen LogP contribution in [0.15, 0.2) is 24.3 Å². The van der Waals surface area contributed by atoms with E-state index in [-0.39, 0.29) is 35.5 Å². The third kappa shape index (κ3) is 3.57. The summed E-state index contributed by atoms with van der Waals surface area (Å²) in [4.78, 5) is 34.8. The Morgan fingerprint density at radius 3 is 2.32 bits per heavy atom. The van der Waals surface area contributed by atoms with E-state index in [1.54, 1.807) is 0 Å². The zero-order valence-electron chi connectivity index (χ0n) is 15.2. The first kappa shape index (κ1) is 19.1. The number of hydrogen-bond acceptors (Lipinski definition) is 5. The zero-order valence-corrected chi connectivity index (χ0v) is 15.2. The quantitative estimate of drug-likeness (QED) is 0.438. The molecule has 0 heterocycles. The van der Waals surface area contributed by atoms with E-state index in [2.05, 4.69) is 20.8 Å². The third-order valence-corrected chi connectivity index (χ3v) is 6.22. The van der Waals surface area contributed by atoms with Crippen LogP contribution in [0.4, 0.5) is 5.69 Å². The normalized spacial score (nSPS) is 24.7. The fourth-order valence-electron chi connectivity index (χ4n) is 3.55. The summed E-state index contributed by atoms with van der Waals surface area (Å²) < 4.78 is 5.17. The van der Waals surface area contributed by atoms with Gasteiger partial charge in [-0.1, -0.05) is 27.7 Å². The summed E-state index contributed by atoms with van der Waals surface area (Å²) in [6, 6.07) is 5.22. The van der Waals surface area contributed by atoms with Crippen molar-refractivity contribution in [3.63, 3.8) is 0 Å². The molecule has 0 aromatic heterocycles. The number of benzene rings is 1. The molecule has 1 aliphatic rings. The number of nitrogens with zero attached hydrogens (tertiary/aromatic N) is 1. The zero-order chi connectivity index (χ0) is 18.8. The van der Waals surface area contributed by atoms with E-state index in [0.717, 1.165) is 12.8 Å². The van der Waals surface area contributed by atoms with Crippen LogP contribution in [-0.4, -0.2) is 23.3 Å². The first-order valence-electron chi connectivity index (χ1n) is 8.54. The lowest BCUT2D eigenvalue weighted by molar-refractivity contribution is -0.384. The maximum absolute atomic E-state index is 12.7. The number of carbonyl (C=O) groups excluding carboxylic acids is 2. The van der Waals surface area contributed by atoms with Crippen LogP contribution >= 0.6 is 0 Å². The second-order valence-corrected chi connectivity index (χ2v) is 7.61. The lowest BCUT2D eigenvalue weighted by Gasteiger charge is -2.39. The minimum Gasteiger partial charge on any atom is -0.462 e. The molecule has 0 saturated heterocycles. The average Bonchev–Trinajstić information content (AvgIpc) is 2.78. The predicted molar refractivity (Wildman–Crippen MR) is 93.3 cm³/mol. The Morgan fingerprint density at radius 2 is 1.84 bits per heavy atom. The van der Waals surface area contributed by atoms with E-state index in [4.69, 9.17) is 4.74 Å². The standard InChI is InChI=1S/C19H25NO5/c1-13-9-11-19(4,18(13,2)3)16(21)10-12-25-17(22)14-5-7-15(8-6-14)20(23)24/h5-8,13H,9-12H2,1-4H3/t13-,19-/m1/s1. The second-order valence-electron chi connectivity index (χ2n) is 7.61. The van der Waals surface area contributed by atoms with Crippen LogP contribution in [0.3, 0.4) is 0 Å². The van der Waals surface area contributed by atoms with Gasteiger partial charge in [-0.2, -0.15) is 0 Å². The van der Waals surface area contributed by atoms with E-state index >= 15 is 0 Å². The molecule has 0 spiro atoms. The molecule has 1 aliphatic carbocycles. The molecule has 6 nitrogen and oxygen atoms in total. The molecule has 1 aromatic rings. The Kier molecular flexibility index (Phi) is 5.30. The van der Waals surface area contributed by atoms with Crippen molar-refractivity contribution in [2.75, 3.05) is 6.61 Å². The van der Waals surface area contributed by atoms with Crippen LogP contribution in [0.2, 0.25) is 0 Å².